The zero-order valence-electron chi connectivity index (χ0n) is 11.3. The maximum atomic E-state index is 4.59. The van der Waals surface area contributed by atoms with E-state index in [0.717, 1.165) is 31.5 Å². The van der Waals surface area contributed by atoms with Gasteiger partial charge in [0, 0.05) is 19.6 Å². The van der Waals surface area contributed by atoms with Crippen LogP contribution in [0.2, 0.25) is 0 Å². The van der Waals surface area contributed by atoms with Crippen LogP contribution in [-0.4, -0.2) is 25.6 Å². The van der Waals surface area contributed by atoms with E-state index in [1.807, 2.05) is 0 Å². The Labute approximate surface area is 123 Å². The van der Waals surface area contributed by atoms with Crippen molar-refractivity contribution in [3.8, 4) is 0 Å². The van der Waals surface area contributed by atoms with Crippen LogP contribution in [0.4, 0.5) is 0 Å². The Morgan fingerprint density at radius 1 is 1.12 bits per heavy atom. The molecule has 102 valence electrons. The Bertz CT molecular complexity index is 203. The molecule has 1 aliphatic carbocycles. The second-order valence-electron chi connectivity index (χ2n) is 4.65. The van der Waals surface area contributed by atoms with Crippen molar-refractivity contribution in [2.24, 2.45) is 10.9 Å². The van der Waals surface area contributed by atoms with Crippen LogP contribution in [0, 0.1) is 5.92 Å². The van der Waals surface area contributed by atoms with Crippen LogP contribution < -0.4 is 10.6 Å². The van der Waals surface area contributed by atoms with Gasteiger partial charge in [0.05, 0.1) is 0 Å². The van der Waals surface area contributed by atoms with Crippen molar-refractivity contribution in [2.75, 3.05) is 19.6 Å². The second-order valence-corrected chi connectivity index (χ2v) is 4.65. The van der Waals surface area contributed by atoms with Gasteiger partial charge in [-0.15, -0.1) is 24.0 Å². The smallest absolute Gasteiger partial charge is 0.191 e. The van der Waals surface area contributed by atoms with Gasteiger partial charge in [-0.3, -0.25) is 4.99 Å². The molecule has 0 aromatic carbocycles. The summed E-state index contributed by atoms with van der Waals surface area (Å²) in [5, 5.41) is 6.70. The molecule has 2 N–H and O–H groups in total. The fourth-order valence-corrected chi connectivity index (χ4v) is 1.62. The van der Waals surface area contributed by atoms with Gasteiger partial charge in [-0.2, -0.15) is 0 Å². The van der Waals surface area contributed by atoms with Gasteiger partial charge in [0.15, 0.2) is 5.96 Å². The normalized spacial score (nSPS) is 15.3. The number of unbranched alkanes of at least 4 members (excludes halogenated alkanes) is 3. The molecule has 0 unspecified atom stereocenters. The first-order chi connectivity index (χ1) is 7.86. The number of halogens is 1. The maximum absolute atomic E-state index is 4.59. The summed E-state index contributed by atoms with van der Waals surface area (Å²) in [6.45, 7) is 7.37. The van der Waals surface area contributed by atoms with Gasteiger partial charge in [-0.05, 0) is 32.1 Å². The minimum atomic E-state index is 0. The Hall–Kier alpha value is 0. The molecule has 4 heteroatoms. The molecule has 3 nitrogen and oxygen atoms in total. The van der Waals surface area contributed by atoms with E-state index < -0.39 is 0 Å². The molecule has 0 radical (unpaired) electrons. The molecular weight excluding hydrogens is 325 g/mol. The molecule has 0 heterocycles. The predicted molar refractivity (Wildman–Crippen MR) is 86.3 cm³/mol. The van der Waals surface area contributed by atoms with Crippen molar-refractivity contribution >= 4 is 29.9 Å². The van der Waals surface area contributed by atoms with Crippen LogP contribution in [0.25, 0.3) is 0 Å². The van der Waals surface area contributed by atoms with Crippen LogP contribution in [-0.2, 0) is 0 Å². The highest BCUT2D eigenvalue weighted by Gasteiger charge is 2.20. The third-order valence-electron chi connectivity index (χ3n) is 2.87. The highest BCUT2D eigenvalue weighted by molar-refractivity contribution is 14.0. The van der Waals surface area contributed by atoms with E-state index in [9.17, 15) is 0 Å². The summed E-state index contributed by atoms with van der Waals surface area (Å²) in [6.07, 6.45) is 7.97. The molecule has 0 aliphatic heterocycles. The van der Waals surface area contributed by atoms with Crippen molar-refractivity contribution in [3.63, 3.8) is 0 Å². The first-order valence-electron chi connectivity index (χ1n) is 6.89. The quantitative estimate of drug-likeness (QED) is 0.304. The average Bonchev–Trinajstić information content (AvgIpc) is 3.09. The van der Waals surface area contributed by atoms with Crippen molar-refractivity contribution in [1.82, 2.24) is 10.6 Å². The van der Waals surface area contributed by atoms with Crippen LogP contribution in [0.3, 0.4) is 0 Å². The average molecular weight is 353 g/mol. The topological polar surface area (TPSA) is 36.4 Å². The lowest BCUT2D eigenvalue weighted by molar-refractivity contribution is 0.646. The van der Waals surface area contributed by atoms with E-state index in [-0.39, 0.29) is 24.0 Å². The second kappa shape index (κ2) is 11.1. The lowest BCUT2D eigenvalue weighted by Gasteiger charge is -2.10. The van der Waals surface area contributed by atoms with E-state index in [0.29, 0.717) is 0 Å². The largest absolute Gasteiger partial charge is 0.357 e. The Morgan fingerprint density at radius 2 is 1.88 bits per heavy atom. The molecular formula is C13H28IN3. The highest BCUT2D eigenvalue weighted by atomic mass is 127. The van der Waals surface area contributed by atoms with Crippen LogP contribution >= 0.6 is 24.0 Å². The van der Waals surface area contributed by atoms with Crippen LogP contribution in [0.15, 0.2) is 4.99 Å². The van der Waals surface area contributed by atoms with Gasteiger partial charge in [0.2, 0.25) is 0 Å². The van der Waals surface area contributed by atoms with E-state index in [1.165, 1.54) is 38.5 Å². The van der Waals surface area contributed by atoms with E-state index in [4.69, 9.17) is 0 Å². The summed E-state index contributed by atoms with van der Waals surface area (Å²) in [4.78, 5) is 4.59. The van der Waals surface area contributed by atoms with Gasteiger partial charge >= 0.3 is 0 Å². The molecule has 0 amide bonds. The summed E-state index contributed by atoms with van der Waals surface area (Å²) in [5.74, 6) is 1.88. The fraction of sp³-hybridized carbons (Fsp3) is 0.923. The van der Waals surface area contributed by atoms with E-state index >= 15 is 0 Å². The molecule has 1 saturated carbocycles. The SMILES string of the molecule is CCCCCCNC(=NCC1CC1)NCC.I. The molecule has 1 fully saturated rings. The van der Waals surface area contributed by atoms with Gasteiger partial charge in [0.1, 0.15) is 0 Å². The zero-order chi connectivity index (χ0) is 11.6. The molecule has 0 bridgehead atoms. The number of hydrogen-bond donors (Lipinski definition) is 2. The van der Waals surface area contributed by atoms with Crippen molar-refractivity contribution in [3.05, 3.63) is 0 Å². The van der Waals surface area contributed by atoms with Gasteiger partial charge in [-0.25, -0.2) is 0 Å². The summed E-state index contributed by atoms with van der Waals surface area (Å²) < 4.78 is 0. The first kappa shape index (κ1) is 17.0. The highest BCUT2D eigenvalue weighted by Crippen LogP contribution is 2.28. The molecule has 1 rings (SSSR count). The summed E-state index contributed by atoms with van der Waals surface area (Å²) in [6, 6.07) is 0. The molecule has 0 saturated heterocycles. The number of nitrogens with zero attached hydrogens (tertiary/aromatic N) is 1. The predicted octanol–water partition coefficient (Wildman–Crippen LogP) is 3.15. The van der Waals surface area contributed by atoms with E-state index in [2.05, 4.69) is 29.5 Å². The van der Waals surface area contributed by atoms with Crippen LogP contribution in [0.5, 0.6) is 0 Å². The number of hydrogen-bond acceptors (Lipinski definition) is 1. The van der Waals surface area contributed by atoms with Gasteiger partial charge in [0.25, 0.3) is 0 Å². The summed E-state index contributed by atoms with van der Waals surface area (Å²) in [5.41, 5.74) is 0. The Balaban J connectivity index is 0.00000256. The summed E-state index contributed by atoms with van der Waals surface area (Å²) >= 11 is 0. The number of aliphatic imine (C=N–C) groups is 1. The third-order valence-corrected chi connectivity index (χ3v) is 2.87. The monoisotopic (exact) mass is 353 g/mol. The standard InChI is InChI=1S/C13H27N3.HI/c1-3-5-6-7-10-15-13(14-4-2)16-11-12-8-9-12;/h12H,3-11H2,1-2H3,(H2,14,15,16);1H. The Morgan fingerprint density at radius 3 is 2.47 bits per heavy atom. The zero-order valence-corrected chi connectivity index (χ0v) is 13.6. The lowest BCUT2D eigenvalue weighted by atomic mass is 10.2. The van der Waals surface area contributed by atoms with Gasteiger partial charge in [-0.1, -0.05) is 26.2 Å². The molecule has 17 heavy (non-hydrogen) atoms. The number of rotatable bonds is 8. The maximum Gasteiger partial charge on any atom is 0.191 e. The minimum Gasteiger partial charge on any atom is -0.357 e. The van der Waals surface area contributed by atoms with Crippen molar-refractivity contribution in [1.29, 1.82) is 0 Å². The van der Waals surface area contributed by atoms with Gasteiger partial charge < -0.3 is 10.6 Å². The molecule has 0 spiro atoms. The number of nitrogens with one attached hydrogen (secondary N) is 2. The minimum absolute atomic E-state index is 0. The van der Waals surface area contributed by atoms with Crippen molar-refractivity contribution in [2.45, 2.75) is 52.4 Å². The molecule has 0 aromatic heterocycles. The van der Waals surface area contributed by atoms with Crippen LogP contribution in [0.1, 0.15) is 52.4 Å². The lowest BCUT2D eigenvalue weighted by Crippen LogP contribution is -2.37. The molecule has 1 aliphatic rings. The first-order valence-corrected chi connectivity index (χ1v) is 6.89. The molecule has 0 atom stereocenters. The van der Waals surface area contributed by atoms with E-state index in [1.54, 1.807) is 0 Å². The van der Waals surface area contributed by atoms with Crippen molar-refractivity contribution < 1.29 is 0 Å². The number of guanidine groups is 1. The molecule has 0 aromatic rings. The third kappa shape index (κ3) is 9.68. The fourth-order valence-electron chi connectivity index (χ4n) is 1.62. The summed E-state index contributed by atoms with van der Waals surface area (Å²) in [7, 11) is 0. The Kier molecular flexibility index (Phi) is 11.1.